The van der Waals surface area contributed by atoms with E-state index in [0.29, 0.717) is 46.7 Å². The zero-order chi connectivity index (χ0) is 23.5. The van der Waals surface area contributed by atoms with E-state index in [1.165, 1.54) is 34.5 Å². The summed E-state index contributed by atoms with van der Waals surface area (Å²) in [5.74, 6) is 2.25. The molecule has 0 aliphatic rings. The summed E-state index contributed by atoms with van der Waals surface area (Å²) in [6, 6.07) is 6.74. The van der Waals surface area contributed by atoms with Crippen molar-refractivity contribution in [3.8, 4) is 34.5 Å². The average molecular weight is 440 g/mol. The third-order valence-corrected chi connectivity index (χ3v) is 4.34. The van der Waals surface area contributed by atoms with Gasteiger partial charge in [-0.1, -0.05) is 31.4 Å². The number of ether oxygens (including phenoxy) is 6. The predicted octanol–water partition coefficient (Wildman–Crippen LogP) is 4.75. The minimum absolute atomic E-state index is 0.213. The van der Waals surface area contributed by atoms with Crippen molar-refractivity contribution in [2.75, 3.05) is 41.7 Å². The van der Waals surface area contributed by atoms with Gasteiger partial charge in [-0.3, -0.25) is 4.79 Å². The van der Waals surface area contributed by atoms with Gasteiger partial charge < -0.3 is 28.4 Å². The molecule has 0 aliphatic carbocycles. The quantitative estimate of drug-likeness (QED) is 0.253. The summed E-state index contributed by atoms with van der Waals surface area (Å²) < 4.78 is 32.8. The Bertz CT molecular complexity index is 967. The summed E-state index contributed by atoms with van der Waals surface area (Å²) >= 11 is 0. The molecule has 0 unspecified atom stereocenters. The van der Waals surface area contributed by atoms with Crippen LogP contribution in [-0.4, -0.2) is 47.4 Å². The first kappa shape index (κ1) is 24.4. The fourth-order valence-electron chi connectivity index (χ4n) is 2.92. The highest BCUT2D eigenvalue weighted by molar-refractivity contribution is 6.10. The van der Waals surface area contributed by atoms with Crippen LogP contribution >= 0.6 is 0 Å². The molecule has 32 heavy (non-hydrogen) atoms. The highest BCUT2D eigenvalue weighted by Crippen LogP contribution is 2.39. The Labute approximate surface area is 188 Å². The van der Waals surface area contributed by atoms with E-state index in [0.717, 1.165) is 0 Å². The monoisotopic (exact) mass is 440 g/mol. The first-order chi connectivity index (χ1) is 15.5. The fourth-order valence-corrected chi connectivity index (χ4v) is 2.92. The van der Waals surface area contributed by atoms with Crippen LogP contribution in [0.15, 0.2) is 55.7 Å². The van der Waals surface area contributed by atoms with Crippen LogP contribution in [0.1, 0.15) is 15.9 Å². The molecule has 0 aliphatic heterocycles. The number of ketones is 1. The molecular formula is C25H28O7. The summed E-state index contributed by atoms with van der Waals surface area (Å²) in [7, 11) is 6.06. The maximum atomic E-state index is 13.1. The number of benzene rings is 2. The van der Waals surface area contributed by atoms with Crippen molar-refractivity contribution in [3.05, 3.63) is 66.8 Å². The molecule has 0 saturated heterocycles. The molecule has 0 radical (unpaired) electrons. The van der Waals surface area contributed by atoms with Crippen molar-refractivity contribution in [2.24, 2.45) is 0 Å². The number of methoxy groups -OCH3 is 4. The van der Waals surface area contributed by atoms with E-state index in [2.05, 4.69) is 13.2 Å². The summed E-state index contributed by atoms with van der Waals surface area (Å²) in [6.07, 6.45) is 6.27. The van der Waals surface area contributed by atoms with Gasteiger partial charge in [0.1, 0.15) is 36.0 Å². The maximum absolute atomic E-state index is 13.1. The number of hydrogen-bond acceptors (Lipinski definition) is 7. The highest BCUT2D eigenvalue weighted by Gasteiger charge is 2.19. The zero-order valence-corrected chi connectivity index (χ0v) is 18.8. The lowest BCUT2D eigenvalue weighted by Gasteiger charge is -2.15. The van der Waals surface area contributed by atoms with E-state index in [4.69, 9.17) is 28.4 Å². The van der Waals surface area contributed by atoms with Gasteiger partial charge >= 0.3 is 0 Å². The molecule has 0 N–H and O–H groups in total. The van der Waals surface area contributed by atoms with E-state index < -0.39 is 0 Å². The number of carbonyl (C=O) groups is 1. The van der Waals surface area contributed by atoms with Crippen LogP contribution in [0.4, 0.5) is 0 Å². The molecule has 170 valence electrons. The molecule has 7 nitrogen and oxygen atoms in total. The zero-order valence-electron chi connectivity index (χ0n) is 18.8. The molecule has 2 rings (SSSR count). The van der Waals surface area contributed by atoms with Gasteiger partial charge in [-0.2, -0.15) is 0 Å². The van der Waals surface area contributed by atoms with Crippen molar-refractivity contribution < 1.29 is 33.2 Å². The molecule has 0 aromatic heterocycles. The van der Waals surface area contributed by atoms with Crippen molar-refractivity contribution in [3.63, 3.8) is 0 Å². The first-order valence-corrected chi connectivity index (χ1v) is 9.74. The summed E-state index contributed by atoms with van der Waals surface area (Å²) in [5, 5.41) is 0. The third kappa shape index (κ3) is 5.85. The van der Waals surface area contributed by atoms with E-state index in [-0.39, 0.29) is 18.0 Å². The van der Waals surface area contributed by atoms with Gasteiger partial charge in [-0.05, 0) is 23.8 Å². The van der Waals surface area contributed by atoms with Crippen LogP contribution in [0, 0.1) is 0 Å². The maximum Gasteiger partial charge on any atom is 0.203 e. The van der Waals surface area contributed by atoms with Crippen LogP contribution in [-0.2, 0) is 0 Å². The molecule has 2 aromatic rings. The third-order valence-electron chi connectivity index (χ3n) is 4.34. The lowest BCUT2D eigenvalue weighted by atomic mass is 10.1. The van der Waals surface area contributed by atoms with E-state index in [9.17, 15) is 4.79 Å². The van der Waals surface area contributed by atoms with Crippen LogP contribution in [0.2, 0.25) is 0 Å². The molecule has 0 heterocycles. The molecule has 0 spiro atoms. The Hall–Kier alpha value is -3.87. The van der Waals surface area contributed by atoms with E-state index in [1.807, 2.05) is 0 Å². The minimum Gasteiger partial charge on any atom is -0.496 e. The van der Waals surface area contributed by atoms with E-state index in [1.54, 1.807) is 42.5 Å². The van der Waals surface area contributed by atoms with Gasteiger partial charge in [-0.25, -0.2) is 0 Å². The number of carbonyl (C=O) groups excluding carboxylic acids is 1. The molecule has 0 atom stereocenters. The van der Waals surface area contributed by atoms with Gasteiger partial charge in [0.2, 0.25) is 5.75 Å². The Morgan fingerprint density at radius 3 is 1.88 bits per heavy atom. The Balaban J connectivity index is 2.46. The van der Waals surface area contributed by atoms with E-state index >= 15 is 0 Å². The van der Waals surface area contributed by atoms with Crippen molar-refractivity contribution in [1.29, 1.82) is 0 Å². The van der Waals surface area contributed by atoms with Crippen LogP contribution in [0.25, 0.3) is 6.08 Å². The molecule has 7 heteroatoms. The van der Waals surface area contributed by atoms with Crippen molar-refractivity contribution in [1.82, 2.24) is 0 Å². The molecule has 2 aromatic carbocycles. The first-order valence-electron chi connectivity index (χ1n) is 9.74. The lowest BCUT2D eigenvalue weighted by molar-refractivity contribution is 0.104. The fraction of sp³-hybridized carbons (Fsp3) is 0.240. The van der Waals surface area contributed by atoms with Crippen LogP contribution < -0.4 is 28.4 Å². The molecule has 0 bridgehead atoms. The SMILES string of the molecule is C=CCOc1cc(OC)c(C(=O)C=Cc2cc(OC)c(OC)c(OC)c2)c(OCC=C)c1. The second-order valence-electron chi connectivity index (χ2n) is 6.35. The van der Waals surface area contributed by atoms with Crippen LogP contribution in [0.3, 0.4) is 0 Å². The largest absolute Gasteiger partial charge is 0.496 e. The molecule has 0 fully saturated rings. The minimum atomic E-state index is -0.315. The summed E-state index contributed by atoms with van der Waals surface area (Å²) in [4.78, 5) is 13.1. The van der Waals surface area contributed by atoms with Crippen molar-refractivity contribution >= 4 is 11.9 Å². The topological polar surface area (TPSA) is 72.5 Å². The molecular weight excluding hydrogens is 412 g/mol. The summed E-state index contributed by atoms with van der Waals surface area (Å²) in [6.45, 7) is 7.81. The van der Waals surface area contributed by atoms with Gasteiger partial charge in [0.05, 0.1) is 28.4 Å². The number of rotatable bonds is 13. The Morgan fingerprint density at radius 2 is 1.34 bits per heavy atom. The van der Waals surface area contributed by atoms with Gasteiger partial charge in [0.25, 0.3) is 0 Å². The van der Waals surface area contributed by atoms with Crippen molar-refractivity contribution in [2.45, 2.75) is 0 Å². The summed E-state index contributed by atoms with van der Waals surface area (Å²) in [5.41, 5.74) is 0.954. The second-order valence-corrected chi connectivity index (χ2v) is 6.35. The Kier molecular flexibility index (Phi) is 9.22. The molecule has 0 saturated carbocycles. The van der Waals surface area contributed by atoms with Gasteiger partial charge in [0, 0.05) is 12.1 Å². The standard InChI is InChI=1S/C25H28O7/c1-7-11-31-18-15-20(27-3)24(21(16-18)32-12-8-2)19(26)10-9-17-13-22(28-4)25(30-6)23(14-17)29-5/h7-10,13-16H,1-2,11-12H2,3-6H3. The lowest BCUT2D eigenvalue weighted by Crippen LogP contribution is -2.06. The predicted molar refractivity (Wildman–Crippen MR) is 124 cm³/mol. The number of hydrogen-bond donors (Lipinski definition) is 0. The second kappa shape index (κ2) is 12.1. The average Bonchev–Trinajstić information content (AvgIpc) is 2.83. The smallest absolute Gasteiger partial charge is 0.203 e. The van der Waals surface area contributed by atoms with Gasteiger partial charge in [0.15, 0.2) is 17.3 Å². The molecule has 0 amide bonds. The normalized spacial score (nSPS) is 10.4. The highest BCUT2D eigenvalue weighted by atomic mass is 16.5. The van der Waals surface area contributed by atoms with Crippen LogP contribution in [0.5, 0.6) is 34.5 Å². The number of allylic oxidation sites excluding steroid dienone is 1. The van der Waals surface area contributed by atoms with Gasteiger partial charge in [-0.15, -0.1) is 0 Å². The Morgan fingerprint density at radius 1 is 0.781 bits per heavy atom.